The van der Waals surface area contributed by atoms with Crippen molar-refractivity contribution in [2.45, 2.75) is 26.7 Å². The summed E-state index contributed by atoms with van der Waals surface area (Å²) < 4.78 is 25.7. The van der Waals surface area contributed by atoms with Crippen LogP contribution in [0.25, 0.3) is 0 Å². The molecule has 0 atom stereocenters. The molecule has 1 aromatic carbocycles. The summed E-state index contributed by atoms with van der Waals surface area (Å²) in [6.07, 6.45) is 1.69. The normalized spacial score (nSPS) is 16.3. The summed E-state index contributed by atoms with van der Waals surface area (Å²) in [6.45, 7) is 5.14. The summed E-state index contributed by atoms with van der Waals surface area (Å²) in [6, 6.07) is 5.19. The van der Waals surface area contributed by atoms with Crippen LogP contribution in [-0.4, -0.2) is 33.2 Å². The van der Waals surface area contributed by atoms with Crippen LogP contribution in [0, 0.1) is 12.8 Å². The molecule has 1 saturated heterocycles. The topological polar surface area (TPSA) is 87.3 Å². The van der Waals surface area contributed by atoms with Gasteiger partial charge in [-0.1, -0.05) is 0 Å². The first kappa shape index (κ1) is 16.8. The monoisotopic (exact) mass is 325 g/mol. The van der Waals surface area contributed by atoms with Gasteiger partial charge in [-0.3, -0.25) is 9.52 Å². The predicted molar refractivity (Wildman–Crippen MR) is 88.5 cm³/mol. The van der Waals surface area contributed by atoms with Crippen LogP contribution in [0.4, 0.5) is 11.4 Å². The van der Waals surface area contributed by atoms with Gasteiger partial charge >= 0.3 is 0 Å². The first-order valence-electron chi connectivity index (χ1n) is 7.54. The lowest BCUT2D eigenvalue weighted by Gasteiger charge is -2.22. The predicted octanol–water partition coefficient (Wildman–Crippen LogP) is 1.69. The van der Waals surface area contributed by atoms with Gasteiger partial charge in [-0.05, 0) is 63.5 Å². The van der Waals surface area contributed by atoms with Crippen LogP contribution in [0.15, 0.2) is 18.2 Å². The zero-order chi connectivity index (χ0) is 16.2. The average Bonchev–Trinajstić information content (AvgIpc) is 2.51. The van der Waals surface area contributed by atoms with Crippen molar-refractivity contribution >= 4 is 27.3 Å². The van der Waals surface area contributed by atoms with E-state index in [1.807, 2.05) is 6.92 Å². The summed E-state index contributed by atoms with van der Waals surface area (Å²) in [5, 5.41) is 6.14. The molecule has 3 N–H and O–H groups in total. The maximum Gasteiger partial charge on any atom is 0.232 e. The van der Waals surface area contributed by atoms with Crippen LogP contribution in [0.1, 0.15) is 25.3 Å². The Labute approximate surface area is 131 Å². The summed E-state index contributed by atoms with van der Waals surface area (Å²) in [7, 11) is -3.29. The number of piperidine rings is 1. The number of aryl methyl sites for hydroxylation is 1. The SMILES string of the molecule is CCS(=O)(=O)Nc1ccc(NC(=O)C2CCNCC2)cc1C. The van der Waals surface area contributed by atoms with Gasteiger partial charge in [0.2, 0.25) is 15.9 Å². The zero-order valence-corrected chi connectivity index (χ0v) is 13.8. The van der Waals surface area contributed by atoms with E-state index in [2.05, 4.69) is 15.4 Å². The van der Waals surface area contributed by atoms with Crippen molar-refractivity contribution in [2.75, 3.05) is 28.9 Å². The molecule has 0 aliphatic carbocycles. The molecule has 7 heteroatoms. The quantitative estimate of drug-likeness (QED) is 0.769. The van der Waals surface area contributed by atoms with Gasteiger partial charge in [-0.2, -0.15) is 0 Å². The lowest BCUT2D eigenvalue weighted by molar-refractivity contribution is -0.120. The molecule has 122 valence electrons. The van der Waals surface area contributed by atoms with Gasteiger partial charge in [-0.15, -0.1) is 0 Å². The maximum atomic E-state index is 12.2. The lowest BCUT2D eigenvalue weighted by Crippen LogP contribution is -2.34. The number of carbonyl (C=O) groups excluding carboxylic acids is 1. The van der Waals surface area contributed by atoms with Crippen molar-refractivity contribution < 1.29 is 13.2 Å². The third-order valence-electron chi connectivity index (χ3n) is 3.85. The van der Waals surface area contributed by atoms with Gasteiger partial charge in [0.25, 0.3) is 0 Å². The van der Waals surface area contributed by atoms with E-state index < -0.39 is 10.0 Å². The van der Waals surface area contributed by atoms with Gasteiger partial charge in [0.05, 0.1) is 11.4 Å². The fourth-order valence-corrected chi connectivity index (χ4v) is 3.13. The summed E-state index contributed by atoms with van der Waals surface area (Å²) >= 11 is 0. The van der Waals surface area contributed by atoms with Crippen molar-refractivity contribution in [1.29, 1.82) is 0 Å². The number of sulfonamides is 1. The number of amides is 1. The standard InChI is InChI=1S/C15H23N3O3S/c1-3-22(20,21)18-14-5-4-13(10-11(14)2)17-15(19)12-6-8-16-9-7-12/h4-5,10,12,16,18H,3,6-9H2,1-2H3,(H,17,19). The Bertz CT molecular complexity index is 637. The highest BCUT2D eigenvalue weighted by molar-refractivity contribution is 7.92. The zero-order valence-electron chi connectivity index (χ0n) is 13.0. The minimum atomic E-state index is -3.29. The molecule has 1 fully saturated rings. The molecule has 0 radical (unpaired) electrons. The van der Waals surface area contributed by atoms with E-state index in [1.54, 1.807) is 25.1 Å². The fourth-order valence-electron chi connectivity index (χ4n) is 2.42. The Hall–Kier alpha value is -1.60. The number of benzene rings is 1. The summed E-state index contributed by atoms with van der Waals surface area (Å²) in [5.74, 6) is 0.100. The first-order valence-corrected chi connectivity index (χ1v) is 9.19. The van der Waals surface area contributed by atoms with Crippen LogP contribution in [0.5, 0.6) is 0 Å². The molecule has 1 aliphatic rings. The molecule has 0 bridgehead atoms. The number of rotatable bonds is 5. The smallest absolute Gasteiger partial charge is 0.232 e. The van der Waals surface area contributed by atoms with E-state index in [9.17, 15) is 13.2 Å². The van der Waals surface area contributed by atoms with Crippen molar-refractivity contribution in [3.63, 3.8) is 0 Å². The van der Waals surface area contributed by atoms with E-state index in [-0.39, 0.29) is 17.6 Å². The second-order valence-electron chi connectivity index (χ2n) is 5.55. The third kappa shape index (κ3) is 4.45. The second kappa shape index (κ2) is 7.11. The van der Waals surface area contributed by atoms with E-state index >= 15 is 0 Å². The maximum absolute atomic E-state index is 12.2. The summed E-state index contributed by atoms with van der Waals surface area (Å²) in [5.41, 5.74) is 2.02. The second-order valence-corrected chi connectivity index (χ2v) is 7.56. The van der Waals surface area contributed by atoms with E-state index in [0.29, 0.717) is 11.4 Å². The largest absolute Gasteiger partial charge is 0.326 e. The Morgan fingerprint density at radius 2 is 2.00 bits per heavy atom. The molecule has 0 saturated carbocycles. The van der Waals surface area contributed by atoms with Crippen LogP contribution in [-0.2, 0) is 14.8 Å². The highest BCUT2D eigenvalue weighted by Crippen LogP contribution is 2.22. The Kier molecular flexibility index (Phi) is 5.42. The van der Waals surface area contributed by atoms with Crippen molar-refractivity contribution in [1.82, 2.24) is 5.32 Å². The van der Waals surface area contributed by atoms with Gasteiger partial charge in [0, 0.05) is 11.6 Å². The molecule has 0 unspecified atom stereocenters. The van der Waals surface area contributed by atoms with E-state index in [0.717, 1.165) is 31.5 Å². The van der Waals surface area contributed by atoms with Crippen LogP contribution >= 0.6 is 0 Å². The number of nitrogens with one attached hydrogen (secondary N) is 3. The number of hydrogen-bond acceptors (Lipinski definition) is 4. The highest BCUT2D eigenvalue weighted by atomic mass is 32.2. The summed E-state index contributed by atoms with van der Waals surface area (Å²) in [4.78, 5) is 12.2. The van der Waals surface area contributed by atoms with Crippen LogP contribution in [0.2, 0.25) is 0 Å². The van der Waals surface area contributed by atoms with Crippen molar-refractivity contribution in [3.05, 3.63) is 23.8 Å². The Morgan fingerprint density at radius 1 is 1.32 bits per heavy atom. The Balaban J connectivity index is 2.04. The molecule has 2 rings (SSSR count). The van der Waals surface area contributed by atoms with Gasteiger partial charge in [-0.25, -0.2) is 8.42 Å². The molecular formula is C15H23N3O3S. The minimum absolute atomic E-state index is 0.0284. The number of hydrogen-bond donors (Lipinski definition) is 3. The molecule has 6 nitrogen and oxygen atoms in total. The highest BCUT2D eigenvalue weighted by Gasteiger charge is 2.21. The first-order chi connectivity index (χ1) is 10.4. The van der Waals surface area contributed by atoms with E-state index in [1.165, 1.54) is 0 Å². The van der Waals surface area contributed by atoms with Crippen LogP contribution in [0.3, 0.4) is 0 Å². The molecule has 22 heavy (non-hydrogen) atoms. The molecule has 0 aromatic heterocycles. The van der Waals surface area contributed by atoms with Crippen LogP contribution < -0.4 is 15.4 Å². The van der Waals surface area contributed by atoms with Crippen molar-refractivity contribution in [3.8, 4) is 0 Å². The van der Waals surface area contributed by atoms with E-state index in [4.69, 9.17) is 0 Å². The van der Waals surface area contributed by atoms with Gasteiger partial charge in [0.15, 0.2) is 0 Å². The van der Waals surface area contributed by atoms with Crippen molar-refractivity contribution in [2.24, 2.45) is 5.92 Å². The fraction of sp³-hybridized carbons (Fsp3) is 0.533. The average molecular weight is 325 g/mol. The lowest BCUT2D eigenvalue weighted by atomic mass is 9.97. The molecule has 0 spiro atoms. The molecular weight excluding hydrogens is 302 g/mol. The molecule has 1 aliphatic heterocycles. The molecule has 1 amide bonds. The molecule has 1 heterocycles. The molecule has 1 aromatic rings. The number of anilines is 2. The minimum Gasteiger partial charge on any atom is -0.326 e. The van der Waals surface area contributed by atoms with Gasteiger partial charge in [0.1, 0.15) is 0 Å². The third-order valence-corrected chi connectivity index (χ3v) is 5.14. The van der Waals surface area contributed by atoms with Gasteiger partial charge < -0.3 is 10.6 Å². The number of carbonyl (C=O) groups is 1. The Morgan fingerprint density at radius 3 is 2.59 bits per heavy atom.